The minimum atomic E-state index is 1.14. The summed E-state index contributed by atoms with van der Waals surface area (Å²) in [5.74, 6) is 0. The van der Waals surface area contributed by atoms with Gasteiger partial charge in [-0.25, -0.2) is 0 Å². The van der Waals surface area contributed by atoms with Crippen molar-refractivity contribution in [1.29, 1.82) is 0 Å². The Kier molecular flexibility index (Phi) is 4.14. The van der Waals surface area contributed by atoms with E-state index in [0.717, 1.165) is 12.0 Å². The van der Waals surface area contributed by atoms with E-state index in [2.05, 4.69) is 46.4 Å². The molecule has 0 saturated carbocycles. The number of benzene rings is 1. The van der Waals surface area contributed by atoms with Crippen LogP contribution in [0.2, 0.25) is 0 Å². The van der Waals surface area contributed by atoms with Gasteiger partial charge in [0.1, 0.15) is 0 Å². The van der Waals surface area contributed by atoms with E-state index in [-0.39, 0.29) is 0 Å². The van der Waals surface area contributed by atoms with Crippen LogP contribution in [0.25, 0.3) is 5.57 Å². The van der Waals surface area contributed by atoms with E-state index < -0.39 is 0 Å². The summed E-state index contributed by atoms with van der Waals surface area (Å²) in [5.41, 5.74) is 6.92. The minimum Gasteiger partial charge on any atom is -0.0955 e. The summed E-state index contributed by atoms with van der Waals surface area (Å²) in [7, 11) is 0. The molecule has 0 atom stereocenters. The highest BCUT2D eigenvalue weighted by Gasteiger charge is 2.06. The van der Waals surface area contributed by atoms with Crippen LogP contribution in [0.5, 0.6) is 0 Å². The zero-order valence-electron chi connectivity index (χ0n) is 10.5. The minimum absolute atomic E-state index is 1.14. The lowest BCUT2D eigenvalue weighted by atomic mass is 9.92. The third kappa shape index (κ3) is 2.71. The largest absolute Gasteiger partial charge is 0.0955 e. The Morgan fingerprint density at radius 3 is 2.40 bits per heavy atom. The van der Waals surface area contributed by atoms with Crippen LogP contribution in [0.4, 0.5) is 0 Å². The molecule has 0 radical (unpaired) electrons. The van der Waals surface area contributed by atoms with Crippen LogP contribution in [0.3, 0.4) is 0 Å². The third-order valence-electron chi connectivity index (χ3n) is 2.93. The first-order valence-corrected chi connectivity index (χ1v) is 5.88. The van der Waals surface area contributed by atoms with Gasteiger partial charge in [0.25, 0.3) is 0 Å². The molecule has 15 heavy (non-hydrogen) atoms. The molecule has 0 N–H and O–H groups in total. The Morgan fingerprint density at radius 2 is 1.93 bits per heavy atom. The molecule has 0 unspecified atom stereocenters. The second-order valence-electron chi connectivity index (χ2n) is 4.31. The highest BCUT2D eigenvalue weighted by molar-refractivity contribution is 5.63. The number of rotatable bonds is 4. The fraction of sp³-hybridized carbons (Fsp3) is 0.467. The van der Waals surface area contributed by atoms with Crippen molar-refractivity contribution >= 4 is 5.57 Å². The lowest BCUT2D eigenvalue weighted by Gasteiger charge is -2.13. The Hall–Kier alpha value is -1.04. The summed E-state index contributed by atoms with van der Waals surface area (Å²) in [6.07, 6.45) is 3.54. The first-order chi connectivity index (χ1) is 7.10. The van der Waals surface area contributed by atoms with E-state index >= 15 is 0 Å². The van der Waals surface area contributed by atoms with E-state index in [4.69, 9.17) is 0 Å². The average Bonchev–Trinajstić information content (AvgIpc) is 2.17. The molecule has 0 aliphatic rings. The molecule has 0 spiro atoms. The molecule has 1 aromatic rings. The Balaban J connectivity index is 3.25. The van der Waals surface area contributed by atoms with Crippen molar-refractivity contribution < 1.29 is 0 Å². The molecule has 0 heterocycles. The molecule has 82 valence electrons. The lowest BCUT2D eigenvalue weighted by Crippen LogP contribution is -1.98. The molecule has 0 heteroatoms. The number of allylic oxidation sites excluding steroid dienone is 1. The summed E-state index contributed by atoms with van der Waals surface area (Å²) < 4.78 is 0. The van der Waals surface area contributed by atoms with E-state index in [1.54, 1.807) is 0 Å². The number of aryl methyl sites for hydroxylation is 2. The van der Waals surface area contributed by atoms with E-state index in [9.17, 15) is 0 Å². The fourth-order valence-electron chi connectivity index (χ4n) is 2.13. The maximum Gasteiger partial charge on any atom is -0.0228 e. The zero-order chi connectivity index (χ0) is 11.4. The summed E-state index contributed by atoms with van der Waals surface area (Å²) >= 11 is 0. The van der Waals surface area contributed by atoms with Crippen LogP contribution in [-0.2, 0) is 12.8 Å². The van der Waals surface area contributed by atoms with Crippen LogP contribution >= 0.6 is 0 Å². The lowest BCUT2D eigenvalue weighted by molar-refractivity contribution is 0.894. The van der Waals surface area contributed by atoms with Gasteiger partial charge in [-0.1, -0.05) is 44.6 Å². The first-order valence-electron chi connectivity index (χ1n) is 5.88. The third-order valence-corrected chi connectivity index (χ3v) is 2.93. The SMILES string of the molecule is C=C(C)c1cc(C)c(CC)c(CCC)c1. The fourth-order valence-corrected chi connectivity index (χ4v) is 2.13. The van der Waals surface area contributed by atoms with Gasteiger partial charge in [0, 0.05) is 0 Å². The predicted molar refractivity (Wildman–Crippen MR) is 69.3 cm³/mol. The molecule has 0 amide bonds. The molecular weight excluding hydrogens is 180 g/mol. The molecule has 0 aliphatic heterocycles. The summed E-state index contributed by atoms with van der Waals surface area (Å²) in [6, 6.07) is 4.58. The van der Waals surface area contributed by atoms with Crippen LogP contribution < -0.4 is 0 Å². The first kappa shape index (κ1) is 12.0. The van der Waals surface area contributed by atoms with Crippen molar-refractivity contribution in [1.82, 2.24) is 0 Å². The van der Waals surface area contributed by atoms with E-state index in [1.165, 1.54) is 35.1 Å². The van der Waals surface area contributed by atoms with Crippen molar-refractivity contribution in [3.8, 4) is 0 Å². The molecule has 0 bridgehead atoms. The van der Waals surface area contributed by atoms with Gasteiger partial charge < -0.3 is 0 Å². The average molecular weight is 202 g/mol. The molecule has 0 nitrogen and oxygen atoms in total. The predicted octanol–water partition coefficient (Wildman–Crippen LogP) is 4.54. The molecule has 1 rings (SSSR count). The van der Waals surface area contributed by atoms with Crippen molar-refractivity contribution in [3.05, 3.63) is 41.0 Å². The second kappa shape index (κ2) is 5.16. The summed E-state index contributed by atoms with van der Waals surface area (Å²) in [4.78, 5) is 0. The quantitative estimate of drug-likeness (QED) is 0.672. The highest BCUT2D eigenvalue weighted by atomic mass is 14.1. The van der Waals surface area contributed by atoms with Gasteiger partial charge >= 0.3 is 0 Å². The zero-order valence-corrected chi connectivity index (χ0v) is 10.5. The van der Waals surface area contributed by atoms with Gasteiger partial charge in [-0.2, -0.15) is 0 Å². The molecule has 1 aromatic carbocycles. The van der Waals surface area contributed by atoms with Crippen LogP contribution in [0.1, 0.15) is 49.4 Å². The Bertz CT molecular complexity index is 359. The number of hydrogen-bond donors (Lipinski definition) is 0. The van der Waals surface area contributed by atoms with Gasteiger partial charge in [0.15, 0.2) is 0 Å². The number of hydrogen-bond acceptors (Lipinski definition) is 0. The van der Waals surface area contributed by atoms with E-state index in [0.29, 0.717) is 0 Å². The monoisotopic (exact) mass is 202 g/mol. The van der Waals surface area contributed by atoms with Crippen LogP contribution in [-0.4, -0.2) is 0 Å². The van der Waals surface area contributed by atoms with Crippen molar-refractivity contribution in [2.45, 2.75) is 47.0 Å². The highest BCUT2D eigenvalue weighted by Crippen LogP contribution is 2.23. The van der Waals surface area contributed by atoms with Gasteiger partial charge in [0.05, 0.1) is 0 Å². The molecule has 0 fully saturated rings. The molecule has 0 saturated heterocycles. The molecular formula is C15H22. The normalized spacial score (nSPS) is 10.4. The Morgan fingerprint density at radius 1 is 1.27 bits per heavy atom. The van der Waals surface area contributed by atoms with Crippen LogP contribution in [0.15, 0.2) is 18.7 Å². The maximum absolute atomic E-state index is 4.02. The topological polar surface area (TPSA) is 0 Å². The second-order valence-corrected chi connectivity index (χ2v) is 4.31. The van der Waals surface area contributed by atoms with Crippen molar-refractivity contribution in [2.75, 3.05) is 0 Å². The van der Waals surface area contributed by atoms with Crippen LogP contribution in [0, 0.1) is 6.92 Å². The van der Waals surface area contributed by atoms with Gasteiger partial charge in [-0.3, -0.25) is 0 Å². The van der Waals surface area contributed by atoms with Crippen molar-refractivity contribution in [2.24, 2.45) is 0 Å². The van der Waals surface area contributed by atoms with Gasteiger partial charge in [0.2, 0.25) is 0 Å². The van der Waals surface area contributed by atoms with Gasteiger partial charge in [-0.15, -0.1) is 0 Å². The standard InChI is InChI=1S/C15H22/c1-6-8-13-10-14(11(3)4)9-12(5)15(13)7-2/h9-10H,3,6-8H2,1-2,4-5H3. The maximum atomic E-state index is 4.02. The smallest absolute Gasteiger partial charge is 0.0228 e. The summed E-state index contributed by atoms with van der Waals surface area (Å²) in [5, 5.41) is 0. The van der Waals surface area contributed by atoms with Gasteiger partial charge in [-0.05, 0) is 48.9 Å². The van der Waals surface area contributed by atoms with E-state index in [1.807, 2.05) is 0 Å². The Labute approximate surface area is 94.0 Å². The van der Waals surface area contributed by atoms with Crippen molar-refractivity contribution in [3.63, 3.8) is 0 Å². The molecule has 0 aliphatic carbocycles. The summed E-state index contributed by atoms with van der Waals surface area (Å²) in [6.45, 7) is 12.8. The molecule has 0 aromatic heterocycles.